The van der Waals surface area contributed by atoms with Crippen LogP contribution in [0.5, 0.6) is 5.75 Å². The molecular formula is C22H23F3N6O2. The highest BCUT2D eigenvalue weighted by Crippen LogP contribution is 2.37. The molecule has 8 nitrogen and oxygen atoms in total. The van der Waals surface area contributed by atoms with Gasteiger partial charge in [-0.3, -0.25) is 0 Å². The molecule has 174 valence electrons. The van der Waals surface area contributed by atoms with E-state index in [4.69, 9.17) is 4.74 Å². The first-order valence-corrected chi connectivity index (χ1v) is 10.8. The van der Waals surface area contributed by atoms with Crippen molar-refractivity contribution in [3.05, 3.63) is 36.3 Å². The van der Waals surface area contributed by atoms with Crippen molar-refractivity contribution in [2.24, 2.45) is 0 Å². The molecule has 0 aromatic carbocycles. The summed E-state index contributed by atoms with van der Waals surface area (Å²) >= 11 is 0. The third-order valence-corrected chi connectivity index (χ3v) is 5.86. The maximum atomic E-state index is 13.7. The molecule has 1 fully saturated rings. The molecule has 1 aliphatic carbocycles. The largest absolute Gasteiger partial charge is 0.492 e. The van der Waals surface area contributed by atoms with Gasteiger partial charge >= 0.3 is 6.18 Å². The minimum absolute atomic E-state index is 0.150. The summed E-state index contributed by atoms with van der Waals surface area (Å²) in [7, 11) is 0. The Kier molecular flexibility index (Phi) is 5.35. The number of hydrogen-bond acceptors (Lipinski definition) is 6. The molecule has 4 aromatic heterocycles. The van der Waals surface area contributed by atoms with Gasteiger partial charge < -0.3 is 20.1 Å². The van der Waals surface area contributed by atoms with Gasteiger partial charge in [0.15, 0.2) is 11.5 Å². The Morgan fingerprint density at radius 3 is 2.91 bits per heavy atom. The normalized spacial score (nSPS) is 19.3. The monoisotopic (exact) mass is 460 g/mol. The standard InChI is InChI=1S/C22H23F3N6O2/c1-2-33-14-6-7-17-18-15(9-26-21(18)30-31(17)11-14)19-27-10-16(22(23,24)25)20(29-19)28-12-4-3-5-13(32)8-12/h6-7,9-13,32H,2-5,8H2,1H3,(H,26,30)(H,27,28,29)/t12-,13-/m0/s1. The molecule has 0 unspecified atom stereocenters. The number of halogens is 3. The second-order valence-electron chi connectivity index (χ2n) is 8.17. The van der Waals surface area contributed by atoms with Crippen LogP contribution < -0.4 is 10.1 Å². The smallest absolute Gasteiger partial charge is 0.421 e. The molecular weight excluding hydrogens is 437 g/mol. The summed E-state index contributed by atoms with van der Waals surface area (Å²) < 4.78 is 48.2. The Balaban J connectivity index is 1.58. The fourth-order valence-electron chi connectivity index (χ4n) is 4.36. The van der Waals surface area contributed by atoms with Crippen molar-refractivity contribution in [1.29, 1.82) is 0 Å². The molecule has 2 atom stereocenters. The van der Waals surface area contributed by atoms with E-state index in [-0.39, 0.29) is 17.7 Å². The molecule has 0 amide bonds. The number of alkyl halides is 3. The number of aromatic nitrogens is 5. The van der Waals surface area contributed by atoms with Gasteiger partial charge in [-0.15, -0.1) is 5.10 Å². The average Bonchev–Trinajstić information content (AvgIpc) is 3.32. The van der Waals surface area contributed by atoms with Crippen LogP contribution in [0.15, 0.2) is 30.7 Å². The van der Waals surface area contributed by atoms with Gasteiger partial charge in [0.2, 0.25) is 0 Å². The van der Waals surface area contributed by atoms with E-state index in [1.165, 1.54) is 0 Å². The molecule has 4 aromatic rings. The number of aromatic amines is 1. The molecule has 5 rings (SSSR count). The summed E-state index contributed by atoms with van der Waals surface area (Å²) in [6.45, 7) is 2.40. The minimum Gasteiger partial charge on any atom is -0.492 e. The number of pyridine rings is 1. The van der Waals surface area contributed by atoms with Crippen LogP contribution in [0.25, 0.3) is 27.9 Å². The first-order valence-electron chi connectivity index (χ1n) is 10.8. The van der Waals surface area contributed by atoms with Gasteiger partial charge in [-0.05, 0) is 44.7 Å². The number of hydrogen-bond donors (Lipinski definition) is 3. The summed E-state index contributed by atoms with van der Waals surface area (Å²) in [6, 6.07) is 3.36. The van der Waals surface area contributed by atoms with E-state index in [1.807, 2.05) is 19.1 Å². The molecule has 1 saturated carbocycles. The van der Waals surface area contributed by atoms with E-state index in [0.717, 1.165) is 18.1 Å². The van der Waals surface area contributed by atoms with E-state index < -0.39 is 17.8 Å². The van der Waals surface area contributed by atoms with Crippen LogP contribution >= 0.6 is 0 Å². The number of aliphatic hydroxyl groups is 1. The lowest BCUT2D eigenvalue weighted by atomic mass is 9.93. The lowest BCUT2D eigenvalue weighted by Crippen LogP contribution is -2.31. The Morgan fingerprint density at radius 2 is 2.15 bits per heavy atom. The summed E-state index contributed by atoms with van der Waals surface area (Å²) in [4.78, 5) is 11.4. The third kappa shape index (κ3) is 4.08. The highest BCUT2D eigenvalue weighted by Gasteiger charge is 2.36. The Morgan fingerprint density at radius 1 is 1.30 bits per heavy atom. The van der Waals surface area contributed by atoms with Gasteiger partial charge in [0, 0.05) is 24.0 Å². The predicted molar refractivity (Wildman–Crippen MR) is 116 cm³/mol. The van der Waals surface area contributed by atoms with E-state index in [1.54, 1.807) is 16.9 Å². The number of fused-ring (bicyclic) bond motifs is 3. The number of ether oxygens (including phenoxy) is 1. The van der Waals surface area contributed by atoms with Gasteiger partial charge in [-0.2, -0.15) is 13.2 Å². The SMILES string of the molecule is CCOc1ccc2c3c(-c4ncc(C(F)(F)F)c(N[C@H]5CCC[C@H](O)C5)n4)c[nH]c3nn2c1. The van der Waals surface area contributed by atoms with Gasteiger partial charge in [-0.25, -0.2) is 14.5 Å². The van der Waals surface area contributed by atoms with Crippen molar-refractivity contribution in [2.45, 2.75) is 50.9 Å². The van der Waals surface area contributed by atoms with Crippen molar-refractivity contribution < 1.29 is 23.0 Å². The number of aliphatic hydroxyl groups excluding tert-OH is 1. The number of nitrogens with one attached hydrogen (secondary N) is 2. The fourth-order valence-corrected chi connectivity index (χ4v) is 4.36. The number of anilines is 1. The van der Waals surface area contributed by atoms with Gasteiger partial charge in [0.1, 0.15) is 17.1 Å². The van der Waals surface area contributed by atoms with Crippen LogP contribution in [0.4, 0.5) is 19.0 Å². The van der Waals surface area contributed by atoms with Crippen LogP contribution in [-0.2, 0) is 6.18 Å². The molecule has 11 heteroatoms. The third-order valence-electron chi connectivity index (χ3n) is 5.86. The van der Waals surface area contributed by atoms with Crippen LogP contribution in [0.3, 0.4) is 0 Å². The zero-order valence-corrected chi connectivity index (χ0v) is 17.9. The lowest BCUT2D eigenvalue weighted by molar-refractivity contribution is -0.137. The van der Waals surface area contributed by atoms with Crippen molar-refractivity contribution >= 4 is 22.4 Å². The van der Waals surface area contributed by atoms with E-state index in [0.29, 0.717) is 48.2 Å². The zero-order chi connectivity index (χ0) is 23.2. The van der Waals surface area contributed by atoms with Gasteiger partial charge in [0.25, 0.3) is 0 Å². The first-order chi connectivity index (χ1) is 15.8. The van der Waals surface area contributed by atoms with E-state index >= 15 is 0 Å². The van der Waals surface area contributed by atoms with Crippen LogP contribution in [-0.4, -0.2) is 48.4 Å². The number of nitrogens with zero attached hydrogens (tertiary/aromatic N) is 4. The van der Waals surface area contributed by atoms with Crippen LogP contribution in [0.2, 0.25) is 0 Å². The predicted octanol–water partition coefficient (Wildman–Crippen LogP) is 4.41. The van der Waals surface area contributed by atoms with Crippen molar-refractivity contribution in [2.75, 3.05) is 11.9 Å². The van der Waals surface area contributed by atoms with Crippen molar-refractivity contribution in [1.82, 2.24) is 24.6 Å². The molecule has 0 aliphatic heterocycles. The molecule has 3 N–H and O–H groups in total. The molecule has 4 heterocycles. The van der Waals surface area contributed by atoms with Gasteiger partial charge in [0.05, 0.1) is 29.8 Å². The van der Waals surface area contributed by atoms with Crippen molar-refractivity contribution in [3.63, 3.8) is 0 Å². The molecule has 0 bridgehead atoms. The Labute approximate surface area is 186 Å². The highest BCUT2D eigenvalue weighted by atomic mass is 19.4. The summed E-state index contributed by atoms with van der Waals surface area (Å²) in [5.74, 6) is 0.525. The molecule has 0 saturated heterocycles. The molecule has 33 heavy (non-hydrogen) atoms. The molecule has 0 radical (unpaired) electrons. The second kappa shape index (κ2) is 8.22. The first kappa shape index (κ1) is 21.5. The summed E-state index contributed by atoms with van der Waals surface area (Å²) in [5.41, 5.74) is 0.925. The minimum atomic E-state index is -4.61. The topological polar surface area (TPSA) is 100 Å². The summed E-state index contributed by atoms with van der Waals surface area (Å²) in [5, 5.41) is 18.0. The maximum Gasteiger partial charge on any atom is 0.421 e. The second-order valence-corrected chi connectivity index (χ2v) is 8.17. The number of rotatable bonds is 5. The quantitative estimate of drug-likeness (QED) is 0.408. The number of H-pyrrole nitrogens is 1. The fraction of sp³-hybridized carbons (Fsp3) is 0.409. The van der Waals surface area contributed by atoms with Crippen LogP contribution in [0.1, 0.15) is 38.2 Å². The molecule has 1 aliphatic rings. The summed E-state index contributed by atoms with van der Waals surface area (Å²) in [6.07, 6.45) is 1.49. The lowest BCUT2D eigenvalue weighted by Gasteiger charge is -2.28. The average molecular weight is 460 g/mol. The van der Waals surface area contributed by atoms with Crippen molar-refractivity contribution in [3.8, 4) is 17.1 Å². The zero-order valence-electron chi connectivity index (χ0n) is 17.9. The Bertz CT molecular complexity index is 1300. The van der Waals surface area contributed by atoms with E-state index in [9.17, 15) is 18.3 Å². The molecule has 0 spiro atoms. The van der Waals surface area contributed by atoms with Crippen LogP contribution in [0, 0.1) is 0 Å². The van der Waals surface area contributed by atoms with Gasteiger partial charge in [-0.1, -0.05) is 0 Å². The maximum absolute atomic E-state index is 13.7. The highest BCUT2D eigenvalue weighted by molar-refractivity contribution is 6.03. The van der Waals surface area contributed by atoms with E-state index in [2.05, 4.69) is 25.4 Å². The Hall–Kier alpha value is -3.34.